The lowest BCUT2D eigenvalue weighted by Crippen LogP contribution is -2.34. The van der Waals surface area contributed by atoms with E-state index in [9.17, 15) is 19.2 Å². The first-order valence-electron chi connectivity index (χ1n) is 8.60. The van der Waals surface area contributed by atoms with E-state index in [1.165, 1.54) is 0 Å². The summed E-state index contributed by atoms with van der Waals surface area (Å²) in [4.78, 5) is 46.9. The third-order valence-corrected chi connectivity index (χ3v) is 3.27. The second kappa shape index (κ2) is 15.4. The van der Waals surface area contributed by atoms with Gasteiger partial charge in [0.2, 0.25) is 5.91 Å². The van der Waals surface area contributed by atoms with Gasteiger partial charge in [0, 0.05) is 37.7 Å². The highest BCUT2D eigenvalue weighted by atomic mass is 16.5. The molecule has 0 aromatic carbocycles. The van der Waals surface area contributed by atoms with Crippen LogP contribution in [-0.2, 0) is 33.4 Å². The van der Waals surface area contributed by atoms with Gasteiger partial charge in [-0.05, 0) is 19.3 Å². The van der Waals surface area contributed by atoms with E-state index >= 15 is 0 Å². The SMILES string of the molecule is C=CC(=O)OCCCC(=O)N(CCCOC(=O)C=C)CCCOC(=O)C=C. The molecule has 0 heterocycles. The molecule has 0 N–H and O–H groups in total. The van der Waals surface area contributed by atoms with Crippen LogP contribution in [0.3, 0.4) is 0 Å². The molecule has 0 bridgehead atoms. The van der Waals surface area contributed by atoms with E-state index in [-0.39, 0.29) is 32.1 Å². The summed E-state index contributed by atoms with van der Waals surface area (Å²) in [7, 11) is 0. The fourth-order valence-electron chi connectivity index (χ4n) is 1.95. The third-order valence-electron chi connectivity index (χ3n) is 3.27. The molecule has 0 aromatic rings. The van der Waals surface area contributed by atoms with Gasteiger partial charge in [0.05, 0.1) is 19.8 Å². The molecule has 27 heavy (non-hydrogen) atoms. The normalized spacial score (nSPS) is 9.63. The van der Waals surface area contributed by atoms with Crippen LogP contribution in [0.1, 0.15) is 25.7 Å². The van der Waals surface area contributed by atoms with Crippen LogP contribution in [0.4, 0.5) is 0 Å². The van der Waals surface area contributed by atoms with Crippen molar-refractivity contribution in [2.24, 2.45) is 0 Å². The molecule has 0 radical (unpaired) electrons. The van der Waals surface area contributed by atoms with Crippen LogP contribution < -0.4 is 0 Å². The van der Waals surface area contributed by atoms with E-state index in [2.05, 4.69) is 19.7 Å². The Hall–Kier alpha value is -2.90. The molecule has 0 saturated carbocycles. The zero-order valence-corrected chi connectivity index (χ0v) is 15.5. The predicted molar refractivity (Wildman–Crippen MR) is 98.5 cm³/mol. The van der Waals surface area contributed by atoms with Crippen LogP contribution in [0.2, 0.25) is 0 Å². The monoisotopic (exact) mass is 381 g/mol. The largest absolute Gasteiger partial charge is 0.463 e. The highest BCUT2D eigenvalue weighted by Crippen LogP contribution is 2.03. The smallest absolute Gasteiger partial charge is 0.330 e. The molecule has 0 aliphatic heterocycles. The summed E-state index contributed by atoms with van der Waals surface area (Å²) < 4.78 is 14.6. The average Bonchev–Trinajstić information content (AvgIpc) is 2.68. The minimum atomic E-state index is -0.535. The molecule has 0 aliphatic carbocycles. The molecule has 150 valence electrons. The molecule has 0 saturated heterocycles. The van der Waals surface area contributed by atoms with Crippen molar-refractivity contribution in [3.8, 4) is 0 Å². The van der Waals surface area contributed by atoms with Gasteiger partial charge in [0.1, 0.15) is 0 Å². The summed E-state index contributed by atoms with van der Waals surface area (Å²) in [5.41, 5.74) is 0. The molecule has 0 rings (SSSR count). The van der Waals surface area contributed by atoms with Crippen molar-refractivity contribution < 1.29 is 33.4 Å². The van der Waals surface area contributed by atoms with Crippen LogP contribution in [0.15, 0.2) is 38.0 Å². The Kier molecular flexibility index (Phi) is 13.7. The summed E-state index contributed by atoms with van der Waals surface area (Å²) in [6.07, 6.45) is 4.70. The topological polar surface area (TPSA) is 99.2 Å². The number of carbonyl (C=O) groups excluding carboxylic acids is 4. The number of esters is 3. The van der Waals surface area contributed by atoms with Crippen molar-refractivity contribution in [2.75, 3.05) is 32.9 Å². The lowest BCUT2D eigenvalue weighted by molar-refractivity contribution is -0.140. The Morgan fingerprint density at radius 1 is 0.667 bits per heavy atom. The third kappa shape index (κ3) is 13.0. The van der Waals surface area contributed by atoms with E-state index in [4.69, 9.17) is 14.2 Å². The van der Waals surface area contributed by atoms with Gasteiger partial charge in [-0.3, -0.25) is 4.79 Å². The number of hydrogen-bond acceptors (Lipinski definition) is 7. The van der Waals surface area contributed by atoms with Crippen LogP contribution in [0.5, 0.6) is 0 Å². The van der Waals surface area contributed by atoms with E-state index in [1.807, 2.05) is 0 Å². The van der Waals surface area contributed by atoms with E-state index in [1.54, 1.807) is 4.90 Å². The van der Waals surface area contributed by atoms with Crippen LogP contribution >= 0.6 is 0 Å². The lowest BCUT2D eigenvalue weighted by Gasteiger charge is -2.22. The van der Waals surface area contributed by atoms with Gasteiger partial charge in [0.25, 0.3) is 0 Å². The Morgan fingerprint density at radius 2 is 1.04 bits per heavy atom. The van der Waals surface area contributed by atoms with Crippen molar-refractivity contribution in [3.63, 3.8) is 0 Å². The number of rotatable bonds is 15. The van der Waals surface area contributed by atoms with Crippen LogP contribution in [-0.4, -0.2) is 61.6 Å². The summed E-state index contributed by atoms with van der Waals surface area (Å²) in [6.45, 7) is 11.1. The molecule has 0 aliphatic rings. The van der Waals surface area contributed by atoms with Gasteiger partial charge in [-0.2, -0.15) is 0 Å². The van der Waals surface area contributed by atoms with E-state index in [0.29, 0.717) is 32.4 Å². The number of hydrogen-bond donors (Lipinski definition) is 0. The quantitative estimate of drug-likeness (QED) is 0.184. The molecule has 0 atom stereocenters. The lowest BCUT2D eigenvalue weighted by atomic mass is 10.2. The molecular formula is C19H27NO7. The maximum absolute atomic E-state index is 12.3. The maximum atomic E-state index is 12.3. The van der Waals surface area contributed by atoms with Crippen LogP contribution in [0, 0.1) is 0 Å². The Morgan fingerprint density at radius 3 is 1.41 bits per heavy atom. The number of nitrogens with zero attached hydrogens (tertiary/aromatic N) is 1. The maximum Gasteiger partial charge on any atom is 0.330 e. The van der Waals surface area contributed by atoms with Gasteiger partial charge in [-0.15, -0.1) is 0 Å². The predicted octanol–water partition coefficient (Wildman–Crippen LogP) is 1.56. The second-order valence-corrected chi connectivity index (χ2v) is 5.31. The zero-order valence-electron chi connectivity index (χ0n) is 15.5. The number of carbonyl (C=O) groups is 4. The first-order chi connectivity index (χ1) is 12.9. The fourth-order valence-corrected chi connectivity index (χ4v) is 1.95. The summed E-state index contributed by atoms with van der Waals surface area (Å²) in [6, 6.07) is 0. The van der Waals surface area contributed by atoms with Crippen molar-refractivity contribution in [1.82, 2.24) is 4.90 Å². The van der Waals surface area contributed by atoms with Gasteiger partial charge in [-0.25, -0.2) is 14.4 Å². The average molecular weight is 381 g/mol. The molecule has 0 unspecified atom stereocenters. The Balaban J connectivity index is 4.35. The van der Waals surface area contributed by atoms with E-state index in [0.717, 1.165) is 18.2 Å². The second-order valence-electron chi connectivity index (χ2n) is 5.31. The summed E-state index contributed by atoms with van der Waals surface area (Å²) >= 11 is 0. The van der Waals surface area contributed by atoms with Crippen molar-refractivity contribution in [3.05, 3.63) is 38.0 Å². The summed E-state index contributed by atoms with van der Waals surface area (Å²) in [5, 5.41) is 0. The first-order valence-corrected chi connectivity index (χ1v) is 8.60. The van der Waals surface area contributed by atoms with Gasteiger partial charge < -0.3 is 19.1 Å². The van der Waals surface area contributed by atoms with E-state index < -0.39 is 17.9 Å². The van der Waals surface area contributed by atoms with Crippen molar-refractivity contribution in [1.29, 1.82) is 0 Å². The molecule has 0 spiro atoms. The van der Waals surface area contributed by atoms with Crippen molar-refractivity contribution in [2.45, 2.75) is 25.7 Å². The molecular weight excluding hydrogens is 354 g/mol. The minimum Gasteiger partial charge on any atom is -0.463 e. The molecule has 0 aromatic heterocycles. The van der Waals surface area contributed by atoms with Gasteiger partial charge >= 0.3 is 17.9 Å². The first kappa shape index (κ1) is 24.1. The standard InChI is InChI=1S/C19H27NO7/c1-4-17(22)25-13-7-10-16(21)20(11-8-14-26-18(23)5-2)12-9-15-27-19(24)6-3/h4-6H,1-3,7-15H2. The van der Waals surface area contributed by atoms with Crippen molar-refractivity contribution >= 4 is 23.8 Å². The van der Waals surface area contributed by atoms with Gasteiger partial charge in [0.15, 0.2) is 0 Å². The number of ether oxygens (including phenoxy) is 3. The molecule has 8 nitrogen and oxygen atoms in total. The van der Waals surface area contributed by atoms with Crippen LogP contribution in [0.25, 0.3) is 0 Å². The van der Waals surface area contributed by atoms with Gasteiger partial charge in [-0.1, -0.05) is 19.7 Å². The molecule has 8 heteroatoms. The number of amides is 1. The molecule has 1 amide bonds. The highest BCUT2D eigenvalue weighted by molar-refractivity contribution is 5.82. The highest BCUT2D eigenvalue weighted by Gasteiger charge is 2.13. The fraction of sp³-hybridized carbons (Fsp3) is 0.474. The molecule has 0 fully saturated rings. The Bertz CT molecular complexity index is 514. The zero-order chi connectivity index (χ0) is 20.5. The Labute approximate surface area is 159 Å². The minimum absolute atomic E-state index is 0.123. The summed E-state index contributed by atoms with van der Waals surface area (Å²) in [5.74, 6) is -1.70.